The number of nitrogens with one attached hydrogen (secondary N) is 4. The lowest BCUT2D eigenvalue weighted by Crippen LogP contribution is -2.48. The van der Waals surface area contributed by atoms with Crippen molar-refractivity contribution in [2.24, 2.45) is 0 Å². The molecular formula is C31H30ClN5O5. The topological polar surface area (TPSA) is 142 Å². The van der Waals surface area contributed by atoms with E-state index in [1.807, 2.05) is 30.3 Å². The number of nitrogens with zero attached hydrogens (tertiary/aromatic N) is 1. The van der Waals surface area contributed by atoms with Crippen molar-refractivity contribution >= 4 is 46.7 Å². The number of halogens is 1. The van der Waals surface area contributed by atoms with E-state index in [4.69, 9.17) is 16.3 Å². The van der Waals surface area contributed by atoms with Crippen molar-refractivity contribution < 1.29 is 23.9 Å². The van der Waals surface area contributed by atoms with Crippen LogP contribution in [0.2, 0.25) is 5.02 Å². The molecule has 1 heterocycles. The van der Waals surface area contributed by atoms with Crippen molar-refractivity contribution in [2.45, 2.75) is 38.8 Å². The van der Waals surface area contributed by atoms with Crippen LogP contribution >= 0.6 is 11.6 Å². The van der Waals surface area contributed by atoms with Crippen molar-refractivity contribution in [1.82, 2.24) is 15.3 Å². The van der Waals surface area contributed by atoms with Crippen molar-refractivity contribution in [3.8, 4) is 11.4 Å². The number of anilines is 2. The van der Waals surface area contributed by atoms with Gasteiger partial charge in [-0.1, -0.05) is 41.9 Å². The van der Waals surface area contributed by atoms with Gasteiger partial charge in [-0.2, -0.15) is 0 Å². The predicted molar refractivity (Wildman–Crippen MR) is 160 cm³/mol. The summed E-state index contributed by atoms with van der Waals surface area (Å²) in [5, 5.41) is 8.18. The molecule has 10 nitrogen and oxygen atoms in total. The van der Waals surface area contributed by atoms with Crippen LogP contribution in [0.5, 0.6) is 0 Å². The van der Waals surface area contributed by atoms with E-state index in [0.717, 1.165) is 5.56 Å². The summed E-state index contributed by atoms with van der Waals surface area (Å²) >= 11 is 6.13. The second-order valence-corrected chi connectivity index (χ2v) is 10.8. The average Bonchev–Trinajstić information content (AvgIpc) is 3.47. The summed E-state index contributed by atoms with van der Waals surface area (Å²) in [7, 11) is 0. The van der Waals surface area contributed by atoms with Gasteiger partial charge in [-0.3, -0.25) is 14.4 Å². The number of carbonyl (C=O) groups is 4. The Kier molecular flexibility index (Phi) is 9.39. The third-order valence-corrected chi connectivity index (χ3v) is 6.12. The minimum Gasteiger partial charge on any atom is -0.456 e. The first-order valence-corrected chi connectivity index (χ1v) is 13.5. The lowest BCUT2D eigenvalue weighted by atomic mass is 10.0. The van der Waals surface area contributed by atoms with Gasteiger partial charge in [0, 0.05) is 35.1 Å². The standard InChI is InChI=1S/C31H30ClN5O5/c1-31(2,3)42-30(41)20-9-12-22(13-10-20)35-27(38)25(17-19-7-5-4-6-8-19)37-29(40)28(39)36-24-18-21(32)11-14-23(24)26-33-15-16-34-26/h4-16,18,25H,17H2,1-3H3,(H,33,34)(H,35,38)(H,36,39)(H,37,40)/t25-/m0/s1. The number of hydrogen-bond acceptors (Lipinski definition) is 6. The van der Waals surface area contributed by atoms with Gasteiger partial charge in [0.15, 0.2) is 0 Å². The summed E-state index contributed by atoms with van der Waals surface area (Å²) in [5.41, 5.74) is 1.64. The zero-order chi connectivity index (χ0) is 30.3. The summed E-state index contributed by atoms with van der Waals surface area (Å²) in [6.45, 7) is 5.32. The van der Waals surface area contributed by atoms with E-state index >= 15 is 0 Å². The fourth-order valence-corrected chi connectivity index (χ4v) is 4.13. The number of rotatable bonds is 8. The molecule has 0 unspecified atom stereocenters. The number of H-pyrrole nitrogens is 1. The summed E-state index contributed by atoms with van der Waals surface area (Å²) < 4.78 is 5.37. The zero-order valence-corrected chi connectivity index (χ0v) is 24.0. The molecule has 1 aromatic heterocycles. The SMILES string of the molecule is CC(C)(C)OC(=O)c1ccc(NC(=O)[C@H](Cc2ccccc2)NC(=O)C(=O)Nc2cc(Cl)ccc2-c2ncc[nH]2)cc1. The molecule has 42 heavy (non-hydrogen) atoms. The highest BCUT2D eigenvalue weighted by molar-refractivity contribution is 6.40. The van der Waals surface area contributed by atoms with E-state index in [2.05, 4.69) is 25.9 Å². The van der Waals surface area contributed by atoms with Gasteiger partial charge in [0.2, 0.25) is 5.91 Å². The largest absolute Gasteiger partial charge is 0.456 e. The quantitative estimate of drug-likeness (QED) is 0.169. The van der Waals surface area contributed by atoms with Gasteiger partial charge in [-0.15, -0.1) is 0 Å². The Balaban J connectivity index is 1.48. The van der Waals surface area contributed by atoms with Gasteiger partial charge in [-0.05, 0) is 68.8 Å². The Morgan fingerprint density at radius 3 is 2.29 bits per heavy atom. The molecule has 0 aliphatic carbocycles. The Bertz CT molecular complexity index is 1570. The Labute approximate surface area is 247 Å². The van der Waals surface area contributed by atoms with E-state index in [0.29, 0.717) is 27.7 Å². The molecule has 0 bridgehead atoms. The maximum atomic E-state index is 13.3. The van der Waals surface area contributed by atoms with E-state index < -0.39 is 35.3 Å². The highest BCUT2D eigenvalue weighted by Crippen LogP contribution is 2.28. The predicted octanol–water partition coefficient (Wildman–Crippen LogP) is 4.99. The molecule has 4 rings (SSSR count). The van der Waals surface area contributed by atoms with Crippen LogP contribution in [0.3, 0.4) is 0 Å². The highest BCUT2D eigenvalue weighted by Gasteiger charge is 2.26. The van der Waals surface area contributed by atoms with Gasteiger partial charge in [0.25, 0.3) is 0 Å². The molecule has 0 saturated carbocycles. The van der Waals surface area contributed by atoms with Gasteiger partial charge in [-0.25, -0.2) is 9.78 Å². The Morgan fingerprint density at radius 2 is 1.64 bits per heavy atom. The third kappa shape index (κ3) is 8.28. The summed E-state index contributed by atoms with van der Waals surface area (Å²) in [6.07, 6.45) is 3.30. The molecule has 4 N–H and O–H groups in total. The van der Waals surface area contributed by atoms with Crippen molar-refractivity contribution in [1.29, 1.82) is 0 Å². The number of benzene rings is 3. The number of amides is 3. The van der Waals surface area contributed by atoms with Gasteiger partial charge in [0.1, 0.15) is 17.5 Å². The van der Waals surface area contributed by atoms with Gasteiger partial charge >= 0.3 is 17.8 Å². The van der Waals surface area contributed by atoms with Crippen molar-refractivity contribution in [2.75, 3.05) is 10.6 Å². The minimum absolute atomic E-state index is 0.122. The molecule has 4 aromatic rings. The van der Waals surface area contributed by atoms with Crippen LogP contribution < -0.4 is 16.0 Å². The molecule has 216 valence electrons. The number of imidazole rings is 1. The number of aromatic nitrogens is 2. The molecule has 0 radical (unpaired) electrons. The fraction of sp³-hybridized carbons (Fsp3) is 0.194. The molecule has 3 amide bonds. The molecule has 11 heteroatoms. The molecule has 0 aliphatic heterocycles. The van der Waals surface area contributed by atoms with E-state index in [-0.39, 0.29) is 12.1 Å². The smallest absolute Gasteiger partial charge is 0.338 e. The van der Waals surface area contributed by atoms with Crippen LogP contribution in [0.25, 0.3) is 11.4 Å². The molecule has 0 spiro atoms. The lowest BCUT2D eigenvalue weighted by molar-refractivity contribution is -0.137. The van der Waals surface area contributed by atoms with Crippen LogP contribution in [-0.2, 0) is 25.5 Å². The summed E-state index contributed by atoms with van der Waals surface area (Å²) in [5.74, 6) is -2.57. The highest BCUT2D eigenvalue weighted by atomic mass is 35.5. The average molecular weight is 588 g/mol. The third-order valence-electron chi connectivity index (χ3n) is 5.88. The first-order chi connectivity index (χ1) is 20.0. The number of ether oxygens (including phenoxy) is 1. The molecule has 0 saturated heterocycles. The number of hydrogen-bond donors (Lipinski definition) is 4. The van der Waals surface area contributed by atoms with Gasteiger partial charge in [0.05, 0.1) is 11.3 Å². The zero-order valence-electron chi connectivity index (χ0n) is 23.2. The van der Waals surface area contributed by atoms with E-state index in [1.54, 1.807) is 57.4 Å². The monoisotopic (exact) mass is 587 g/mol. The summed E-state index contributed by atoms with van der Waals surface area (Å²) in [6, 6.07) is 18.9. The van der Waals surface area contributed by atoms with Crippen molar-refractivity contribution in [3.05, 3.63) is 101 Å². The van der Waals surface area contributed by atoms with E-state index in [1.165, 1.54) is 18.2 Å². The number of carbonyl (C=O) groups excluding carboxylic acids is 4. The number of esters is 1. The summed E-state index contributed by atoms with van der Waals surface area (Å²) in [4.78, 5) is 58.7. The maximum Gasteiger partial charge on any atom is 0.338 e. The maximum absolute atomic E-state index is 13.3. The van der Waals surface area contributed by atoms with Crippen LogP contribution in [0.1, 0.15) is 36.7 Å². The minimum atomic E-state index is -1.10. The second-order valence-electron chi connectivity index (χ2n) is 10.4. The van der Waals surface area contributed by atoms with E-state index in [9.17, 15) is 19.2 Å². The van der Waals surface area contributed by atoms with Crippen LogP contribution in [-0.4, -0.2) is 45.3 Å². The molecule has 0 fully saturated rings. The Hall–Kier alpha value is -4.96. The molecule has 1 atom stereocenters. The molecule has 0 aliphatic rings. The lowest BCUT2D eigenvalue weighted by Gasteiger charge is -2.20. The van der Waals surface area contributed by atoms with Crippen LogP contribution in [0, 0.1) is 0 Å². The molecular weight excluding hydrogens is 558 g/mol. The number of aromatic amines is 1. The second kappa shape index (κ2) is 13.1. The first kappa shape index (κ1) is 30.0. The molecule has 3 aromatic carbocycles. The van der Waals surface area contributed by atoms with Crippen LogP contribution in [0.15, 0.2) is 85.2 Å². The van der Waals surface area contributed by atoms with Gasteiger partial charge < -0.3 is 25.7 Å². The normalized spacial score (nSPS) is 11.7. The van der Waals surface area contributed by atoms with Crippen LogP contribution in [0.4, 0.5) is 11.4 Å². The fourth-order valence-electron chi connectivity index (χ4n) is 3.96. The Morgan fingerprint density at radius 1 is 0.929 bits per heavy atom. The first-order valence-electron chi connectivity index (χ1n) is 13.1. The van der Waals surface area contributed by atoms with Crippen molar-refractivity contribution in [3.63, 3.8) is 0 Å².